The lowest BCUT2D eigenvalue weighted by molar-refractivity contribution is -0.147. The van der Waals surface area contributed by atoms with Gasteiger partial charge in [0.25, 0.3) is 5.91 Å². The van der Waals surface area contributed by atoms with E-state index < -0.39 is 24.4 Å². The second-order valence-corrected chi connectivity index (χ2v) is 7.61. The topological polar surface area (TPSA) is 93.7 Å². The van der Waals surface area contributed by atoms with Crippen LogP contribution in [-0.2, 0) is 25.5 Å². The zero-order valence-electron chi connectivity index (χ0n) is 16.6. The van der Waals surface area contributed by atoms with Gasteiger partial charge in [0.1, 0.15) is 5.75 Å². The van der Waals surface area contributed by atoms with E-state index in [1.807, 2.05) is 19.1 Å². The molecule has 0 saturated carbocycles. The predicted octanol–water partition coefficient (Wildman–Crippen LogP) is 4.57. The number of esters is 1. The third-order valence-electron chi connectivity index (χ3n) is 4.08. The Kier molecular flexibility index (Phi) is 9.14. The van der Waals surface area contributed by atoms with Crippen LogP contribution >= 0.6 is 27.5 Å². The molecule has 0 bridgehead atoms. The lowest BCUT2D eigenvalue weighted by Gasteiger charge is -2.11. The van der Waals surface area contributed by atoms with Gasteiger partial charge in [-0.3, -0.25) is 14.4 Å². The second-order valence-electron chi connectivity index (χ2n) is 6.26. The lowest BCUT2D eigenvalue weighted by atomic mass is 10.1. The molecule has 160 valence electrons. The van der Waals surface area contributed by atoms with Crippen LogP contribution in [0.2, 0.25) is 5.02 Å². The number of ether oxygens (including phenoxy) is 2. The van der Waals surface area contributed by atoms with Crippen LogP contribution in [-0.4, -0.2) is 31.5 Å². The van der Waals surface area contributed by atoms with E-state index in [0.717, 1.165) is 16.5 Å². The third-order valence-corrected chi connectivity index (χ3v) is 4.81. The fraction of sp³-hybridized carbons (Fsp3) is 0.286. The number of anilines is 2. The van der Waals surface area contributed by atoms with Gasteiger partial charge in [-0.15, -0.1) is 0 Å². The van der Waals surface area contributed by atoms with Crippen molar-refractivity contribution < 1.29 is 23.9 Å². The Hall–Kier alpha value is -2.58. The first-order valence-electron chi connectivity index (χ1n) is 9.19. The Balaban J connectivity index is 1.77. The monoisotopic (exact) mass is 496 g/mol. The number of aryl methyl sites for hydroxylation is 1. The summed E-state index contributed by atoms with van der Waals surface area (Å²) in [6.07, 6.45) is 0.463. The molecule has 0 aliphatic carbocycles. The fourth-order valence-corrected chi connectivity index (χ4v) is 3.17. The molecule has 0 fully saturated rings. The smallest absolute Gasteiger partial charge is 0.306 e. The van der Waals surface area contributed by atoms with Crippen LogP contribution < -0.4 is 15.4 Å². The van der Waals surface area contributed by atoms with Gasteiger partial charge in [0, 0.05) is 21.6 Å². The van der Waals surface area contributed by atoms with E-state index in [1.54, 1.807) is 24.3 Å². The molecule has 0 atom stereocenters. The van der Waals surface area contributed by atoms with Gasteiger partial charge in [0.2, 0.25) is 5.91 Å². The minimum Gasteiger partial charge on any atom is -0.495 e. The third kappa shape index (κ3) is 7.35. The average molecular weight is 498 g/mol. The molecule has 2 N–H and O–H groups in total. The summed E-state index contributed by atoms with van der Waals surface area (Å²) < 4.78 is 11.0. The standard InChI is InChI=1S/C21H22BrClN2O5/c1-3-13-10-14(22)4-6-16(13)24-20(27)12-30-21(28)9-8-19(26)25-17-11-15(23)5-7-18(17)29-2/h4-7,10-11H,3,8-9,12H2,1-2H3,(H,24,27)(H,25,26). The molecule has 0 aliphatic heterocycles. The van der Waals surface area contributed by atoms with Crippen LogP contribution in [0.5, 0.6) is 5.75 Å². The normalized spacial score (nSPS) is 10.3. The fourth-order valence-electron chi connectivity index (χ4n) is 2.59. The summed E-state index contributed by atoms with van der Waals surface area (Å²) in [5.74, 6) is -1.05. The Bertz CT molecular complexity index is 936. The van der Waals surface area contributed by atoms with E-state index >= 15 is 0 Å². The highest BCUT2D eigenvalue weighted by molar-refractivity contribution is 9.10. The minimum atomic E-state index is -0.648. The van der Waals surface area contributed by atoms with Gasteiger partial charge in [-0.05, 0) is 48.4 Å². The molecule has 0 saturated heterocycles. The largest absolute Gasteiger partial charge is 0.495 e. The van der Waals surface area contributed by atoms with Crippen LogP contribution in [0.1, 0.15) is 25.3 Å². The average Bonchev–Trinajstić information content (AvgIpc) is 2.72. The molecule has 0 aliphatic rings. The summed E-state index contributed by atoms with van der Waals surface area (Å²) in [7, 11) is 1.47. The molecule has 2 aromatic rings. The van der Waals surface area contributed by atoms with Crippen LogP contribution in [0, 0.1) is 0 Å². The Labute approximate surface area is 188 Å². The van der Waals surface area contributed by atoms with E-state index in [1.165, 1.54) is 7.11 Å². The van der Waals surface area contributed by atoms with Crippen molar-refractivity contribution in [3.63, 3.8) is 0 Å². The number of hydrogen-bond donors (Lipinski definition) is 2. The molecule has 0 aromatic heterocycles. The molecule has 0 unspecified atom stereocenters. The van der Waals surface area contributed by atoms with E-state index in [4.69, 9.17) is 21.1 Å². The Morgan fingerprint density at radius 1 is 1.00 bits per heavy atom. The maximum atomic E-state index is 12.1. The van der Waals surface area contributed by atoms with Gasteiger partial charge in [0.05, 0.1) is 19.2 Å². The molecule has 2 rings (SSSR count). The van der Waals surface area contributed by atoms with Gasteiger partial charge in [-0.1, -0.05) is 34.5 Å². The van der Waals surface area contributed by atoms with E-state index in [0.29, 0.717) is 22.1 Å². The van der Waals surface area contributed by atoms with E-state index in [-0.39, 0.29) is 12.8 Å². The van der Waals surface area contributed by atoms with Crippen molar-refractivity contribution in [2.24, 2.45) is 0 Å². The minimum absolute atomic E-state index is 0.108. The first-order chi connectivity index (χ1) is 14.3. The quantitative estimate of drug-likeness (QED) is 0.495. The molecule has 9 heteroatoms. The SMILES string of the molecule is CCc1cc(Br)ccc1NC(=O)COC(=O)CCC(=O)Nc1cc(Cl)ccc1OC. The first kappa shape index (κ1) is 23.7. The molecule has 2 aromatic carbocycles. The van der Waals surface area contributed by atoms with Gasteiger partial charge in [0.15, 0.2) is 6.61 Å². The number of carbonyl (C=O) groups is 3. The zero-order valence-corrected chi connectivity index (χ0v) is 18.9. The molecule has 0 radical (unpaired) electrons. The summed E-state index contributed by atoms with van der Waals surface area (Å²) in [5.41, 5.74) is 2.03. The number of hydrogen-bond acceptors (Lipinski definition) is 5. The molecule has 7 nitrogen and oxygen atoms in total. The summed E-state index contributed by atoms with van der Waals surface area (Å²) in [6.45, 7) is 1.54. The van der Waals surface area contributed by atoms with Crippen molar-refractivity contribution in [2.45, 2.75) is 26.2 Å². The van der Waals surface area contributed by atoms with Crippen molar-refractivity contribution in [3.8, 4) is 5.75 Å². The number of benzene rings is 2. The number of carbonyl (C=O) groups excluding carboxylic acids is 3. The Morgan fingerprint density at radius 2 is 1.73 bits per heavy atom. The number of methoxy groups -OCH3 is 1. The van der Waals surface area contributed by atoms with E-state index in [9.17, 15) is 14.4 Å². The highest BCUT2D eigenvalue weighted by Gasteiger charge is 2.13. The van der Waals surface area contributed by atoms with Crippen LogP contribution in [0.25, 0.3) is 0 Å². The van der Waals surface area contributed by atoms with Crippen LogP contribution in [0.15, 0.2) is 40.9 Å². The first-order valence-corrected chi connectivity index (χ1v) is 10.4. The predicted molar refractivity (Wildman–Crippen MR) is 119 cm³/mol. The van der Waals surface area contributed by atoms with E-state index in [2.05, 4.69) is 26.6 Å². The molecule has 30 heavy (non-hydrogen) atoms. The molecule has 0 heterocycles. The van der Waals surface area contributed by atoms with Gasteiger partial charge >= 0.3 is 5.97 Å². The number of rotatable bonds is 9. The van der Waals surface area contributed by atoms with Gasteiger partial charge < -0.3 is 20.1 Å². The summed E-state index contributed by atoms with van der Waals surface area (Å²) in [5, 5.41) is 5.79. The lowest BCUT2D eigenvalue weighted by Crippen LogP contribution is -2.22. The Morgan fingerprint density at radius 3 is 2.43 bits per heavy atom. The summed E-state index contributed by atoms with van der Waals surface area (Å²) >= 11 is 9.31. The maximum absolute atomic E-state index is 12.1. The number of nitrogens with one attached hydrogen (secondary N) is 2. The van der Waals surface area contributed by atoms with Crippen molar-refractivity contribution in [1.29, 1.82) is 0 Å². The van der Waals surface area contributed by atoms with Crippen molar-refractivity contribution >= 4 is 56.7 Å². The molecule has 2 amide bonds. The molecule has 0 spiro atoms. The summed E-state index contributed by atoms with van der Waals surface area (Å²) in [4.78, 5) is 36.0. The zero-order chi connectivity index (χ0) is 22.1. The maximum Gasteiger partial charge on any atom is 0.306 e. The second kappa shape index (κ2) is 11.6. The van der Waals surface area contributed by atoms with Crippen LogP contribution in [0.4, 0.5) is 11.4 Å². The summed E-state index contributed by atoms with van der Waals surface area (Å²) in [6, 6.07) is 10.3. The van der Waals surface area contributed by atoms with Crippen molar-refractivity contribution in [2.75, 3.05) is 24.4 Å². The van der Waals surface area contributed by atoms with Gasteiger partial charge in [-0.25, -0.2) is 0 Å². The number of amides is 2. The molecular weight excluding hydrogens is 476 g/mol. The highest BCUT2D eigenvalue weighted by Crippen LogP contribution is 2.27. The van der Waals surface area contributed by atoms with Crippen LogP contribution in [0.3, 0.4) is 0 Å². The van der Waals surface area contributed by atoms with Crippen molar-refractivity contribution in [3.05, 3.63) is 51.5 Å². The molecular formula is C21H22BrClN2O5. The highest BCUT2D eigenvalue weighted by atomic mass is 79.9. The van der Waals surface area contributed by atoms with Crippen molar-refractivity contribution in [1.82, 2.24) is 0 Å². The van der Waals surface area contributed by atoms with Gasteiger partial charge in [-0.2, -0.15) is 0 Å². The number of halogens is 2.